The highest BCUT2D eigenvalue weighted by atomic mass is 79.9. The first-order valence-electron chi connectivity index (χ1n) is 5.23. The maximum atomic E-state index is 13.1. The van der Waals surface area contributed by atoms with Crippen LogP contribution in [-0.2, 0) is 6.54 Å². The molecule has 0 fully saturated rings. The lowest BCUT2D eigenvalue weighted by atomic mass is 10.3. The molecule has 5 nitrogen and oxygen atoms in total. The molecule has 1 unspecified atom stereocenters. The predicted molar refractivity (Wildman–Crippen MR) is 65.6 cm³/mol. The number of ether oxygens (including phenoxy) is 1. The highest BCUT2D eigenvalue weighted by molar-refractivity contribution is 9.10. The average molecular weight is 316 g/mol. The van der Waals surface area contributed by atoms with E-state index in [1.54, 1.807) is 10.6 Å². The third-order valence-electron chi connectivity index (χ3n) is 2.17. The Bertz CT molecular complexity index is 487. The minimum Gasteiger partial charge on any atom is -0.491 e. The summed E-state index contributed by atoms with van der Waals surface area (Å²) in [6.45, 7) is 0.386. The van der Waals surface area contributed by atoms with Gasteiger partial charge in [-0.15, -0.1) is 10.2 Å². The molecule has 0 spiro atoms. The Kier molecular flexibility index (Phi) is 4.27. The molecule has 2 rings (SSSR count). The lowest BCUT2D eigenvalue weighted by molar-refractivity contribution is 0.0922. The van der Waals surface area contributed by atoms with Crippen molar-refractivity contribution in [2.75, 3.05) is 6.61 Å². The van der Waals surface area contributed by atoms with Crippen molar-refractivity contribution >= 4 is 15.9 Å². The van der Waals surface area contributed by atoms with Crippen molar-refractivity contribution in [1.82, 2.24) is 14.8 Å². The third kappa shape index (κ3) is 3.78. The van der Waals surface area contributed by atoms with Crippen LogP contribution in [-0.4, -0.2) is 32.6 Å². The van der Waals surface area contributed by atoms with Gasteiger partial charge in [0.15, 0.2) is 0 Å². The summed E-state index contributed by atoms with van der Waals surface area (Å²) in [7, 11) is 0. The summed E-state index contributed by atoms with van der Waals surface area (Å²) in [5.41, 5.74) is 0. The summed E-state index contributed by atoms with van der Waals surface area (Å²) >= 11 is 3.17. The van der Waals surface area contributed by atoms with Gasteiger partial charge in [-0.3, -0.25) is 0 Å². The van der Waals surface area contributed by atoms with Crippen molar-refractivity contribution in [3.8, 4) is 5.75 Å². The molecule has 1 aromatic heterocycles. The highest BCUT2D eigenvalue weighted by Crippen LogP contribution is 2.20. The largest absolute Gasteiger partial charge is 0.491 e. The number of aliphatic hydroxyl groups excluding tert-OH is 1. The number of aromatic nitrogens is 3. The van der Waals surface area contributed by atoms with Gasteiger partial charge in [-0.2, -0.15) is 0 Å². The molecule has 18 heavy (non-hydrogen) atoms. The van der Waals surface area contributed by atoms with E-state index in [4.69, 9.17) is 4.74 Å². The minimum atomic E-state index is -0.719. The molecule has 2 aromatic rings. The lowest BCUT2D eigenvalue weighted by Gasteiger charge is -2.12. The van der Waals surface area contributed by atoms with Crippen LogP contribution in [0.3, 0.4) is 0 Å². The van der Waals surface area contributed by atoms with E-state index in [2.05, 4.69) is 26.1 Å². The molecule has 0 aliphatic carbocycles. The monoisotopic (exact) mass is 315 g/mol. The van der Waals surface area contributed by atoms with E-state index in [1.807, 2.05) is 0 Å². The summed E-state index contributed by atoms with van der Waals surface area (Å²) in [5.74, 6) is -0.0302. The fourth-order valence-corrected chi connectivity index (χ4v) is 1.86. The number of hydrogen-bond acceptors (Lipinski definition) is 4. The molecule has 0 aliphatic heterocycles. The molecule has 1 aromatic carbocycles. The maximum absolute atomic E-state index is 13.1. The van der Waals surface area contributed by atoms with Crippen molar-refractivity contribution in [3.63, 3.8) is 0 Å². The van der Waals surface area contributed by atoms with Crippen LogP contribution in [0, 0.1) is 5.82 Å². The summed E-state index contributed by atoms with van der Waals surface area (Å²) in [6.07, 6.45) is 2.28. The maximum Gasteiger partial charge on any atom is 0.128 e. The second-order valence-corrected chi connectivity index (χ2v) is 4.64. The van der Waals surface area contributed by atoms with Crippen molar-refractivity contribution in [2.45, 2.75) is 12.6 Å². The van der Waals surface area contributed by atoms with Crippen LogP contribution < -0.4 is 4.74 Å². The predicted octanol–water partition coefficient (Wildman–Crippen LogP) is 1.62. The van der Waals surface area contributed by atoms with Crippen LogP contribution in [0.1, 0.15) is 0 Å². The third-order valence-corrected chi connectivity index (χ3v) is 2.62. The van der Waals surface area contributed by atoms with Crippen LogP contribution in [0.2, 0.25) is 0 Å². The van der Waals surface area contributed by atoms with E-state index in [1.165, 1.54) is 24.8 Å². The molecule has 0 aliphatic rings. The molecule has 1 heterocycles. The van der Waals surface area contributed by atoms with Gasteiger partial charge < -0.3 is 14.4 Å². The first-order valence-corrected chi connectivity index (χ1v) is 6.02. The van der Waals surface area contributed by atoms with E-state index in [0.29, 0.717) is 16.8 Å². The summed E-state index contributed by atoms with van der Waals surface area (Å²) in [4.78, 5) is 0. The number of benzene rings is 1. The van der Waals surface area contributed by atoms with Gasteiger partial charge in [-0.1, -0.05) is 15.9 Å². The van der Waals surface area contributed by atoms with Crippen molar-refractivity contribution in [2.24, 2.45) is 0 Å². The number of halogens is 2. The zero-order chi connectivity index (χ0) is 13.0. The van der Waals surface area contributed by atoms with Gasteiger partial charge in [-0.05, 0) is 12.1 Å². The number of rotatable bonds is 5. The Morgan fingerprint density at radius 3 is 2.72 bits per heavy atom. The Balaban J connectivity index is 1.87. The van der Waals surface area contributed by atoms with Gasteiger partial charge in [0.05, 0.1) is 6.54 Å². The van der Waals surface area contributed by atoms with E-state index in [-0.39, 0.29) is 6.61 Å². The van der Waals surface area contributed by atoms with E-state index in [0.717, 1.165) is 0 Å². The van der Waals surface area contributed by atoms with Crippen molar-refractivity contribution in [1.29, 1.82) is 0 Å². The Morgan fingerprint density at radius 2 is 2.06 bits per heavy atom. The average Bonchev–Trinajstić information content (AvgIpc) is 2.78. The second kappa shape index (κ2) is 5.92. The molecule has 1 N–H and O–H groups in total. The molecule has 96 valence electrons. The smallest absolute Gasteiger partial charge is 0.128 e. The standard InChI is InChI=1S/C11H11BrFN3O2/c12-8-1-9(13)3-11(2-8)18-5-10(17)4-16-6-14-15-7-16/h1-3,6-7,10,17H,4-5H2. The quantitative estimate of drug-likeness (QED) is 0.911. The molecule has 7 heteroatoms. The zero-order valence-electron chi connectivity index (χ0n) is 9.33. The van der Waals surface area contributed by atoms with Crippen LogP contribution in [0.25, 0.3) is 0 Å². The topological polar surface area (TPSA) is 60.2 Å². The van der Waals surface area contributed by atoms with Gasteiger partial charge in [0.2, 0.25) is 0 Å². The van der Waals surface area contributed by atoms with Gasteiger partial charge >= 0.3 is 0 Å². The molecule has 0 saturated heterocycles. The Morgan fingerprint density at radius 1 is 1.33 bits per heavy atom. The second-order valence-electron chi connectivity index (χ2n) is 3.73. The summed E-state index contributed by atoms with van der Waals surface area (Å²) in [5, 5.41) is 17.0. The van der Waals surface area contributed by atoms with E-state index < -0.39 is 11.9 Å². The molecule has 1 atom stereocenters. The zero-order valence-corrected chi connectivity index (χ0v) is 10.9. The van der Waals surface area contributed by atoms with E-state index >= 15 is 0 Å². The molecule has 0 amide bonds. The molecule has 0 radical (unpaired) electrons. The molecule has 0 bridgehead atoms. The fraction of sp³-hybridized carbons (Fsp3) is 0.273. The number of aliphatic hydroxyl groups is 1. The van der Waals surface area contributed by atoms with Gasteiger partial charge in [0, 0.05) is 10.5 Å². The Hall–Kier alpha value is -1.47. The lowest BCUT2D eigenvalue weighted by Crippen LogP contribution is -2.23. The SMILES string of the molecule is OC(COc1cc(F)cc(Br)c1)Cn1cnnc1. The first kappa shape index (κ1) is 13.0. The Labute approximate surface area is 111 Å². The molecular weight excluding hydrogens is 305 g/mol. The van der Waals surface area contributed by atoms with Crippen LogP contribution in [0.15, 0.2) is 35.3 Å². The summed E-state index contributed by atoms with van der Waals surface area (Å²) < 4.78 is 20.6. The molecule has 0 saturated carbocycles. The normalized spacial score (nSPS) is 12.4. The summed E-state index contributed by atoms with van der Waals surface area (Å²) in [6, 6.07) is 4.23. The fourth-order valence-electron chi connectivity index (χ4n) is 1.42. The number of hydrogen-bond donors (Lipinski definition) is 1. The van der Waals surface area contributed by atoms with E-state index in [9.17, 15) is 9.50 Å². The van der Waals surface area contributed by atoms with Gasteiger partial charge in [0.1, 0.15) is 36.9 Å². The number of nitrogens with zero attached hydrogens (tertiary/aromatic N) is 3. The highest BCUT2D eigenvalue weighted by Gasteiger charge is 2.07. The van der Waals surface area contributed by atoms with Crippen LogP contribution in [0.4, 0.5) is 4.39 Å². The van der Waals surface area contributed by atoms with Crippen LogP contribution >= 0.6 is 15.9 Å². The minimum absolute atomic E-state index is 0.0636. The van der Waals surface area contributed by atoms with Gasteiger partial charge in [-0.25, -0.2) is 4.39 Å². The van der Waals surface area contributed by atoms with Crippen LogP contribution in [0.5, 0.6) is 5.75 Å². The van der Waals surface area contributed by atoms with Crippen molar-refractivity contribution < 1.29 is 14.2 Å². The van der Waals surface area contributed by atoms with Crippen molar-refractivity contribution in [3.05, 3.63) is 41.1 Å². The van der Waals surface area contributed by atoms with Gasteiger partial charge in [0.25, 0.3) is 0 Å². The first-order chi connectivity index (χ1) is 8.63. The molecular formula is C11H11BrFN3O2.